The van der Waals surface area contributed by atoms with Crippen LogP contribution in [-0.2, 0) is 0 Å². The second-order valence-corrected chi connectivity index (χ2v) is 5.69. The molecule has 0 aromatic carbocycles. The average Bonchev–Trinajstić information content (AvgIpc) is 2.39. The molecule has 3 heteroatoms. The summed E-state index contributed by atoms with van der Waals surface area (Å²) in [7, 11) is 0. The zero-order valence-electron chi connectivity index (χ0n) is 11.8. The van der Waals surface area contributed by atoms with Crippen molar-refractivity contribution in [3.05, 3.63) is 46.4 Å². The lowest BCUT2D eigenvalue weighted by molar-refractivity contribution is 0.306. The van der Waals surface area contributed by atoms with Crippen LogP contribution in [0, 0.1) is 0 Å². The van der Waals surface area contributed by atoms with E-state index < -0.39 is 0 Å². The van der Waals surface area contributed by atoms with Gasteiger partial charge in [0.05, 0.1) is 0 Å². The predicted octanol–water partition coefficient (Wildman–Crippen LogP) is 3.52. The van der Waals surface area contributed by atoms with Gasteiger partial charge >= 0.3 is 0 Å². The maximum atomic E-state index is 4.22. The summed E-state index contributed by atoms with van der Waals surface area (Å²) >= 11 is 1.74. The molecule has 0 saturated carbocycles. The smallest absolute Gasteiger partial charge is 0.0459 e. The first-order valence-corrected chi connectivity index (χ1v) is 7.20. The van der Waals surface area contributed by atoms with Crippen molar-refractivity contribution in [3.63, 3.8) is 0 Å². The molecule has 0 aromatic heterocycles. The lowest BCUT2D eigenvalue weighted by atomic mass is 10.3. The third-order valence-electron chi connectivity index (χ3n) is 3.15. The zero-order valence-corrected chi connectivity index (χ0v) is 12.6. The van der Waals surface area contributed by atoms with Crippen molar-refractivity contribution in [1.82, 2.24) is 10.2 Å². The molecule has 0 radical (unpaired) electrons. The van der Waals surface area contributed by atoms with Crippen molar-refractivity contribution >= 4 is 11.8 Å². The normalized spacial score (nSPS) is 18.4. The standard InChI is InChI=1S/C15H24N2S/c1-6-12(3)13(4)18-14(5)15(7-2)17-10-8-16-9-11-17/h6-7,16H,1,5,8-11H2,2-4H3. The van der Waals surface area contributed by atoms with Gasteiger partial charge in [0, 0.05) is 36.8 Å². The van der Waals surface area contributed by atoms with Crippen molar-refractivity contribution < 1.29 is 0 Å². The highest BCUT2D eigenvalue weighted by molar-refractivity contribution is 8.06. The minimum absolute atomic E-state index is 1.05. The van der Waals surface area contributed by atoms with Crippen LogP contribution < -0.4 is 5.32 Å². The van der Waals surface area contributed by atoms with Crippen LogP contribution in [0.3, 0.4) is 0 Å². The third-order valence-corrected chi connectivity index (χ3v) is 4.24. The first kappa shape index (κ1) is 15.1. The molecule has 100 valence electrons. The van der Waals surface area contributed by atoms with Crippen molar-refractivity contribution in [1.29, 1.82) is 0 Å². The van der Waals surface area contributed by atoms with E-state index in [1.165, 1.54) is 16.2 Å². The molecule has 1 heterocycles. The highest BCUT2D eigenvalue weighted by Gasteiger charge is 2.15. The molecule has 18 heavy (non-hydrogen) atoms. The van der Waals surface area contributed by atoms with Gasteiger partial charge in [-0.3, -0.25) is 0 Å². The Bertz CT molecular complexity index is 374. The van der Waals surface area contributed by atoms with E-state index in [1.54, 1.807) is 11.8 Å². The number of nitrogens with one attached hydrogen (secondary N) is 1. The molecule has 1 fully saturated rings. The molecule has 0 spiro atoms. The van der Waals surface area contributed by atoms with Crippen LogP contribution in [0.1, 0.15) is 20.8 Å². The van der Waals surface area contributed by atoms with Gasteiger partial charge in [-0.05, 0) is 31.2 Å². The molecule has 1 N–H and O–H groups in total. The monoisotopic (exact) mass is 264 g/mol. The van der Waals surface area contributed by atoms with Gasteiger partial charge in [-0.1, -0.05) is 37.1 Å². The van der Waals surface area contributed by atoms with Crippen molar-refractivity contribution in [2.75, 3.05) is 26.2 Å². The summed E-state index contributed by atoms with van der Waals surface area (Å²) in [5, 5.41) is 3.37. The minimum Gasteiger partial charge on any atom is -0.368 e. The molecule has 0 aliphatic carbocycles. The number of rotatable bonds is 5. The number of allylic oxidation sites excluding steroid dienone is 4. The quantitative estimate of drug-likeness (QED) is 0.765. The Kier molecular flexibility index (Phi) is 6.30. The molecule has 0 amide bonds. The van der Waals surface area contributed by atoms with Gasteiger partial charge < -0.3 is 10.2 Å². The highest BCUT2D eigenvalue weighted by Crippen LogP contribution is 2.32. The van der Waals surface area contributed by atoms with Crippen LogP contribution in [0.15, 0.2) is 46.4 Å². The zero-order chi connectivity index (χ0) is 13.5. The molecular formula is C15H24N2S. The largest absolute Gasteiger partial charge is 0.368 e. The summed E-state index contributed by atoms with van der Waals surface area (Å²) in [4.78, 5) is 4.80. The van der Waals surface area contributed by atoms with E-state index in [0.29, 0.717) is 0 Å². The van der Waals surface area contributed by atoms with Crippen LogP contribution in [0.2, 0.25) is 0 Å². The number of hydrogen-bond donors (Lipinski definition) is 1. The molecule has 0 bridgehead atoms. The first-order chi connectivity index (χ1) is 8.60. The van der Waals surface area contributed by atoms with Crippen molar-refractivity contribution in [2.24, 2.45) is 0 Å². The Labute approximate surface area is 116 Å². The summed E-state index contributed by atoms with van der Waals surface area (Å²) in [6.45, 7) is 18.5. The second-order valence-electron chi connectivity index (χ2n) is 4.38. The number of hydrogen-bond acceptors (Lipinski definition) is 3. The van der Waals surface area contributed by atoms with Crippen LogP contribution >= 0.6 is 11.8 Å². The maximum absolute atomic E-state index is 4.22. The fourth-order valence-electron chi connectivity index (χ4n) is 1.89. The summed E-state index contributed by atoms with van der Waals surface area (Å²) in [5.41, 5.74) is 2.48. The molecule has 1 aliphatic rings. The van der Waals surface area contributed by atoms with E-state index in [-0.39, 0.29) is 0 Å². The van der Waals surface area contributed by atoms with Gasteiger partial charge in [0.1, 0.15) is 0 Å². The number of thioether (sulfide) groups is 1. The maximum Gasteiger partial charge on any atom is 0.0459 e. The van der Waals surface area contributed by atoms with Crippen LogP contribution in [0.5, 0.6) is 0 Å². The van der Waals surface area contributed by atoms with E-state index in [4.69, 9.17) is 0 Å². The fourth-order valence-corrected chi connectivity index (χ4v) is 2.85. The summed E-state index contributed by atoms with van der Waals surface area (Å²) < 4.78 is 0. The summed E-state index contributed by atoms with van der Waals surface area (Å²) in [6.07, 6.45) is 4.06. The van der Waals surface area contributed by atoms with E-state index in [0.717, 1.165) is 31.1 Å². The highest BCUT2D eigenvalue weighted by atomic mass is 32.2. The van der Waals surface area contributed by atoms with Gasteiger partial charge in [-0.2, -0.15) is 0 Å². The van der Waals surface area contributed by atoms with Gasteiger partial charge in [0.25, 0.3) is 0 Å². The van der Waals surface area contributed by atoms with Gasteiger partial charge in [-0.15, -0.1) is 0 Å². The third kappa shape index (κ3) is 4.07. The van der Waals surface area contributed by atoms with Gasteiger partial charge in [0.15, 0.2) is 0 Å². The number of nitrogens with zero attached hydrogens (tertiary/aromatic N) is 1. The summed E-state index contributed by atoms with van der Waals surface area (Å²) in [5.74, 6) is 0. The summed E-state index contributed by atoms with van der Waals surface area (Å²) in [6, 6.07) is 0. The molecule has 0 atom stereocenters. The first-order valence-electron chi connectivity index (χ1n) is 6.39. The molecule has 0 unspecified atom stereocenters. The predicted molar refractivity (Wildman–Crippen MR) is 83.5 cm³/mol. The molecule has 1 aliphatic heterocycles. The van der Waals surface area contributed by atoms with Crippen molar-refractivity contribution in [3.8, 4) is 0 Å². The average molecular weight is 264 g/mol. The Balaban J connectivity index is 2.71. The van der Waals surface area contributed by atoms with Crippen LogP contribution in [0.25, 0.3) is 0 Å². The SMILES string of the molecule is C=CC(C)=C(C)SC(=C)C(=CC)N1CCNCC1. The van der Waals surface area contributed by atoms with Gasteiger partial charge in [-0.25, -0.2) is 0 Å². The topological polar surface area (TPSA) is 15.3 Å². The Morgan fingerprint density at radius 1 is 1.28 bits per heavy atom. The molecule has 1 rings (SSSR count). The van der Waals surface area contributed by atoms with E-state index >= 15 is 0 Å². The molecule has 2 nitrogen and oxygen atoms in total. The Morgan fingerprint density at radius 2 is 1.89 bits per heavy atom. The number of piperazine rings is 1. The Morgan fingerprint density at radius 3 is 2.39 bits per heavy atom. The van der Waals surface area contributed by atoms with E-state index in [9.17, 15) is 0 Å². The van der Waals surface area contributed by atoms with Crippen molar-refractivity contribution in [2.45, 2.75) is 20.8 Å². The van der Waals surface area contributed by atoms with E-state index in [1.807, 2.05) is 6.08 Å². The lowest BCUT2D eigenvalue weighted by Gasteiger charge is -2.32. The van der Waals surface area contributed by atoms with Crippen LogP contribution in [0.4, 0.5) is 0 Å². The van der Waals surface area contributed by atoms with Crippen LogP contribution in [-0.4, -0.2) is 31.1 Å². The Hall–Kier alpha value is -0.930. The molecular weight excluding hydrogens is 240 g/mol. The fraction of sp³-hybridized carbons (Fsp3) is 0.467. The van der Waals surface area contributed by atoms with Gasteiger partial charge in [0.2, 0.25) is 0 Å². The molecule has 1 saturated heterocycles. The lowest BCUT2D eigenvalue weighted by Crippen LogP contribution is -2.42. The second kappa shape index (κ2) is 7.49. The van der Waals surface area contributed by atoms with E-state index in [2.05, 4.69) is 50.2 Å². The minimum atomic E-state index is 1.05. The molecule has 0 aromatic rings.